The molecule has 0 aromatic rings. The maximum atomic E-state index is 5.66. The molecule has 0 N–H and O–H groups in total. The minimum absolute atomic E-state index is 0.725. The highest BCUT2D eigenvalue weighted by molar-refractivity contribution is 14.1. The molecule has 0 bridgehead atoms. The van der Waals surface area contributed by atoms with E-state index in [0.717, 1.165) is 39.1 Å². The zero-order valence-corrected chi connectivity index (χ0v) is 12.5. The van der Waals surface area contributed by atoms with Gasteiger partial charge < -0.3 is 13.3 Å². The molecule has 0 heterocycles. The van der Waals surface area contributed by atoms with Crippen LogP contribution in [0.1, 0.15) is 40.0 Å². The van der Waals surface area contributed by atoms with E-state index in [9.17, 15) is 0 Å². The van der Waals surface area contributed by atoms with Crippen molar-refractivity contribution >= 4 is 28.1 Å². The Bertz CT molecular complexity index is 113. The fraction of sp³-hybridized carbons (Fsp3) is 1.00. The van der Waals surface area contributed by atoms with Gasteiger partial charge in [-0.3, -0.25) is 0 Å². The van der Waals surface area contributed by atoms with Crippen molar-refractivity contribution < 1.29 is 13.3 Å². The molecule has 3 nitrogen and oxygen atoms in total. The van der Waals surface area contributed by atoms with Crippen LogP contribution >= 0.6 is 21.8 Å². The summed E-state index contributed by atoms with van der Waals surface area (Å²) < 4.78 is 17.0. The summed E-state index contributed by atoms with van der Waals surface area (Å²) >= 11 is 2.22. The Hall–Kier alpha value is 0.827. The van der Waals surface area contributed by atoms with Crippen molar-refractivity contribution in [2.45, 2.75) is 40.0 Å². The van der Waals surface area contributed by atoms with Crippen LogP contribution in [0.2, 0.25) is 0 Å². The molecule has 5 heteroatoms. The zero-order chi connectivity index (χ0) is 10.9. The van der Waals surface area contributed by atoms with Crippen LogP contribution in [0.5, 0.6) is 0 Å². The van der Waals surface area contributed by atoms with Crippen molar-refractivity contribution in [1.82, 2.24) is 0 Å². The van der Waals surface area contributed by atoms with E-state index in [0.29, 0.717) is 0 Å². The fourth-order valence-corrected chi connectivity index (χ4v) is 4.37. The standard InChI is InChI=1S/C9H21IO3Si/c1-4-7-11-14(10,12-8-5-2)13-9-6-3/h4-9H2,1-3H3. The molecule has 0 aromatic carbocycles. The third-order valence-corrected chi connectivity index (χ3v) is 5.89. The van der Waals surface area contributed by atoms with Crippen LogP contribution < -0.4 is 0 Å². The zero-order valence-electron chi connectivity index (χ0n) is 9.35. The van der Waals surface area contributed by atoms with Crippen LogP contribution in [0.25, 0.3) is 0 Å². The van der Waals surface area contributed by atoms with Gasteiger partial charge in [-0.1, -0.05) is 20.8 Å². The topological polar surface area (TPSA) is 27.7 Å². The predicted molar refractivity (Wildman–Crippen MR) is 68.5 cm³/mol. The summed E-state index contributed by atoms with van der Waals surface area (Å²) in [6.45, 7) is 8.44. The van der Waals surface area contributed by atoms with Gasteiger partial charge in [-0.05, 0) is 41.1 Å². The molecule has 0 unspecified atom stereocenters. The van der Waals surface area contributed by atoms with Crippen molar-refractivity contribution in [2.24, 2.45) is 0 Å². The number of hydrogen-bond acceptors (Lipinski definition) is 3. The first-order chi connectivity index (χ1) is 6.68. The lowest BCUT2D eigenvalue weighted by Crippen LogP contribution is -2.40. The summed E-state index contributed by atoms with van der Waals surface area (Å²) in [5, 5.41) is 0. The molecule has 86 valence electrons. The largest absolute Gasteiger partial charge is 0.572 e. The van der Waals surface area contributed by atoms with E-state index in [-0.39, 0.29) is 0 Å². The van der Waals surface area contributed by atoms with Crippen LogP contribution in [0.15, 0.2) is 0 Å². The maximum Gasteiger partial charge on any atom is 0.572 e. The van der Waals surface area contributed by atoms with Crippen LogP contribution in [0.4, 0.5) is 0 Å². The van der Waals surface area contributed by atoms with E-state index < -0.39 is 6.30 Å². The van der Waals surface area contributed by atoms with Crippen molar-refractivity contribution in [1.29, 1.82) is 0 Å². The van der Waals surface area contributed by atoms with E-state index >= 15 is 0 Å². The Labute approximate surface area is 101 Å². The molecule has 0 atom stereocenters. The highest BCUT2D eigenvalue weighted by Crippen LogP contribution is 2.19. The van der Waals surface area contributed by atoms with Gasteiger partial charge in [0.15, 0.2) is 0 Å². The molecule has 0 saturated carbocycles. The first-order valence-electron chi connectivity index (χ1n) is 5.29. The molecule has 0 aliphatic rings. The third kappa shape index (κ3) is 7.16. The van der Waals surface area contributed by atoms with Gasteiger partial charge in [0.25, 0.3) is 0 Å². The van der Waals surface area contributed by atoms with Crippen molar-refractivity contribution in [2.75, 3.05) is 19.8 Å². The van der Waals surface area contributed by atoms with Crippen LogP contribution in [0, 0.1) is 0 Å². The van der Waals surface area contributed by atoms with Gasteiger partial charge in [0.1, 0.15) is 0 Å². The summed E-state index contributed by atoms with van der Waals surface area (Å²) in [5.41, 5.74) is 0. The molecule has 0 radical (unpaired) electrons. The highest BCUT2D eigenvalue weighted by atomic mass is 127. The molecule has 0 aliphatic carbocycles. The first-order valence-corrected chi connectivity index (χ1v) is 10.1. The van der Waals surface area contributed by atoms with Gasteiger partial charge in [-0.15, -0.1) is 0 Å². The molecule has 0 aromatic heterocycles. The van der Waals surface area contributed by atoms with Crippen LogP contribution in [-0.2, 0) is 13.3 Å². The molecule has 0 saturated heterocycles. The Balaban J connectivity index is 3.89. The maximum absolute atomic E-state index is 5.66. The normalized spacial score (nSPS) is 12.0. The minimum Gasteiger partial charge on any atom is -0.366 e. The molecule has 0 fully saturated rings. The molecule has 0 rings (SSSR count). The number of halogens is 1. The van der Waals surface area contributed by atoms with Gasteiger partial charge in [-0.2, -0.15) is 0 Å². The Morgan fingerprint density at radius 1 is 0.786 bits per heavy atom. The number of hydrogen-bond donors (Lipinski definition) is 0. The molecular weight excluding hydrogens is 311 g/mol. The van der Waals surface area contributed by atoms with E-state index in [1.54, 1.807) is 0 Å². The van der Waals surface area contributed by atoms with Gasteiger partial charge in [0.05, 0.1) is 0 Å². The second-order valence-electron chi connectivity index (χ2n) is 3.03. The highest BCUT2D eigenvalue weighted by Gasteiger charge is 2.37. The molecular formula is C9H21IO3Si. The van der Waals surface area contributed by atoms with Crippen molar-refractivity contribution in [3.8, 4) is 0 Å². The van der Waals surface area contributed by atoms with Gasteiger partial charge in [0, 0.05) is 19.8 Å². The molecule has 0 spiro atoms. The average Bonchev–Trinajstić information content (AvgIpc) is 2.21. The average molecular weight is 332 g/mol. The van der Waals surface area contributed by atoms with Crippen LogP contribution in [0.3, 0.4) is 0 Å². The van der Waals surface area contributed by atoms with Crippen molar-refractivity contribution in [3.05, 3.63) is 0 Å². The second-order valence-corrected chi connectivity index (χ2v) is 8.82. The van der Waals surface area contributed by atoms with E-state index in [1.807, 2.05) is 0 Å². The second kappa shape index (κ2) is 9.08. The number of rotatable bonds is 9. The van der Waals surface area contributed by atoms with Gasteiger partial charge >= 0.3 is 6.30 Å². The summed E-state index contributed by atoms with van der Waals surface area (Å²) in [4.78, 5) is 0. The molecule has 0 aliphatic heterocycles. The predicted octanol–water partition coefficient (Wildman–Crippen LogP) is 3.14. The summed E-state index contributed by atoms with van der Waals surface area (Å²) in [6, 6.07) is 0. The quantitative estimate of drug-likeness (QED) is 0.369. The fourth-order valence-electron chi connectivity index (χ4n) is 0.797. The molecule has 14 heavy (non-hydrogen) atoms. The lowest BCUT2D eigenvalue weighted by Gasteiger charge is -2.23. The SMILES string of the molecule is CCCO[Si](I)(OCCC)OCCC. The molecule has 0 amide bonds. The lowest BCUT2D eigenvalue weighted by molar-refractivity contribution is 0.0884. The first kappa shape index (κ1) is 14.8. The third-order valence-electron chi connectivity index (χ3n) is 1.44. The minimum atomic E-state index is -2.34. The Morgan fingerprint density at radius 3 is 1.29 bits per heavy atom. The Kier molecular flexibility index (Phi) is 9.62. The van der Waals surface area contributed by atoms with Crippen LogP contribution in [-0.4, -0.2) is 26.1 Å². The Morgan fingerprint density at radius 2 is 1.07 bits per heavy atom. The van der Waals surface area contributed by atoms with Gasteiger partial charge in [-0.25, -0.2) is 0 Å². The monoisotopic (exact) mass is 332 g/mol. The summed E-state index contributed by atoms with van der Waals surface area (Å²) in [5.74, 6) is 0. The smallest absolute Gasteiger partial charge is 0.366 e. The summed E-state index contributed by atoms with van der Waals surface area (Å²) in [7, 11) is 0. The van der Waals surface area contributed by atoms with E-state index in [2.05, 4.69) is 42.6 Å². The van der Waals surface area contributed by atoms with Gasteiger partial charge in [0.2, 0.25) is 0 Å². The lowest BCUT2D eigenvalue weighted by atomic mass is 10.5. The summed E-state index contributed by atoms with van der Waals surface area (Å²) in [6.07, 6.45) is 0.666. The van der Waals surface area contributed by atoms with E-state index in [1.165, 1.54) is 0 Å². The van der Waals surface area contributed by atoms with E-state index in [4.69, 9.17) is 13.3 Å². The van der Waals surface area contributed by atoms with Crippen molar-refractivity contribution in [3.63, 3.8) is 0 Å².